The molecule has 9 heteroatoms. The lowest BCUT2D eigenvalue weighted by Crippen LogP contribution is -2.25. The Kier molecular flexibility index (Phi) is 9.84. The number of thiophene rings is 1. The fraction of sp³-hybridized carbons (Fsp3) is 0.310. The summed E-state index contributed by atoms with van der Waals surface area (Å²) in [6.07, 6.45) is -2.12. The van der Waals surface area contributed by atoms with Crippen molar-refractivity contribution in [1.29, 1.82) is 0 Å². The molecule has 0 atom stereocenters. The predicted molar refractivity (Wildman–Crippen MR) is 148 cm³/mol. The second-order valence-electron chi connectivity index (χ2n) is 9.13. The minimum absolute atomic E-state index is 0.107. The zero-order chi connectivity index (χ0) is 28.0. The number of ether oxygens (including phenoxy) is 1. The van der Waals surface area contributed by atoms with Crippen LogP contribution in [0.5, 0.6) is 0 Å². The third-order valence-electron chi connectivity index (χ3n) is 5.63. The van der Waals surface area contributed by atoms with Crippen LogP contribution in [0.3, 0.4) is 0 Å². The number of carbonyl (C=O) groups is 2. The highest BCUT2D eigenvalue weighted by molar-refractivity contribution is 8.08. The number of hydrogen-bond donors (Lipinski definition) is 1. The van der Waals surface area contributed by atoms with Gasteiger partial charge in [-0.15, -0.1) is 11.3 Å². The molecule has 0 radical (unpaired) electrons. The van der Waals surface area contributed by atoms with Crippen LogP contribution in [0.15, 0.2) is 59.5 Å². The number of rotatable bonds is 9. The Hall–Kier alpha value is -3.04. The zero-order valence-electron chi connectivity index (χ0n) is 21.9. The molecule has 202 valence electrons. The first kappa shape index (κ1) is 29.5. The molecule has 2 aromatic carbocycles. The molecule has 1 N–H and O–H groups in total. The number of hydrogen-bond acceptors (Lipinski definition) is 5. The van der Waals surface area contributed by atoms with E-state index >= 15 is 0 Å². The standard InChI is InChI=1S/C29H30F3NO3S2/c1-17(2)14-25(23-10-11-24(38-23)28(35)33-13-12-26(34)36-5)37-22-15-18(3)27(19(4)16-22)20-6-8-21(9-7-20)29(30,31)32/h6-11,14-17H,12-13H2,1-5H3,(H,33,35)/b25-14-. The highest BCUT2D eigenvalue weighted by atomic mass is 32.2. The number of methoxy groups -OCH3 is 1. The average Bonchev–Trinajstić information content (AvgIpc) is 3.33. The summed E-state index contributed by atoms with van der Waals surface area (Å²) >= 11 is 2.97. The molecule has 0 aliphatic rings. The number of aryl methyl sites for hydroxylation is 2. The van der Waals surface area contributed by atoms with Gasteiger partial charge in [-0.1, -0.05) is 43.8 Å². The maximum atomic E-state index is 13.0. The number of alkyl halides is 3. The van der Waals surface area contributed by atoms with Gasteiger partial charge in [0.25, 0.3) is 5.91 Å². The van der Waals surface area contributed by atoms with Gasteiger partial charge in [0.1, 0.15) is 0 Å². The first-order chi connectivity index (χ1) is 17.9. The van der Waals surface area contributed by atoms with Crippen molar-refractivity contribution in [3.8, 4) is 11.1 Å². The maximum Gasteiger partial charge on any atom is 0.416 e. The third-order valence-corrected chi connectivity index (χ3v) is 7.93. The van der Waals surface area contributed by atoms with Crippen molar-refractivity contribution in [2.24, 2.45) is 5.92 Å². The van der Waals surface area contributed by atoms with E-state index in [1.54, 1.807) is 17.8 Å². The zero-order valence-corrected chi connectivity index (χ0v) is 23.5. The molecule has 38 heavy (non-hydrogen) atoms. The number of benzene rings is 2. The highest BCUT2D eigenvalue weighted by Gasteiger charge is 2.30. The van der Waals surface area contributed by atoms with Crippen LogP contribution >= 0.6 is 23.1 Å². The highest BCUT2D eigenvalue weighted by Crippen LogP contribution is 2.41. The number of nitrogens with one attached hydrogen (secondary N) is 1. The van der Waals surface area contributed by atoms with E-state index in [2.05, 4.69) is 30.0 Å². The molecule has 0 bridgehead atoms. The average molecular weight is 562 g/mol. The van der Waals surface area contributed by atoms with Crippen molar-refractivity contribution in [2.75, 3.05) is 13.7 Å². The van der Waals surface area contributed by atoms with Crippen LogP contribution in [0.25, 0.3) is 16.0 Å². The lowest BCUT2D eigenvalue weighted by Gasteiger charge is -2.15. The largest absolute Gasteiger partial charge is 0.469 e. The summed E-state index contributed by atoms with van der Waals surface area (Å²) in [5.41, 5.74) is 2.92. The summed E-state index contributed by atoms with van der Waals surface area (Å²) < 4.78 is 43.5. The van der Waals surface area contributed by atoms with Crippen LogP contribution in [0, 0.1) is 19.8 Å². The number of carbonyl (C=O) groups excluding carboxylic acids is 2. The van der Waals surface area contributed by atoms with Crippen molar-refractivity contribution in [3.63, 3.8) is 0 Å². The number of thioether (sulfide) groups is 1. The molecule has 1 aromatic heterocycles. The van der Waals surface area contributed by atoms with Gasteiger partial charge in [-0.05, 0) is 78.4 Å². The topological polar surface area (TPSA) is 55.4 Å². The Morgan fingerprint density at radius 3 is 2.18 bits per heavy atom. The molecule has 0 aliphatic heterocycles. The third kappa shape index (κ3) is 7.74. The van der Waals surface area contributed by atoms with E-state index in [9.17, 15) is 22.8 Å². The molecule has 0 fully saturated rings. The molecule has 0 saturated heterocycles. The van der Waals surface area contributed by atoms with E-state index in [0.29, 0.717) is 4.88 Å². The smallest absolute Gasteiger partial charge is 0.416 e. The minimum Gasteiger partial charge on any atom is -0.469 e. The quantitative estimate of drug-likeness (QED) is 0.212. The van der Waals surface area contributed by atoms with Crippen LogP contribution in [0.4, 0.5) is 13.2 Å². The van der Waals surface area contributed by atoms with Gasteiger partial charge in [-0.25, -0.2) is 0 Å². The fourth-order valence-electron chi connectivity index (χ4n) is 3.92. The number of esters is 1. The van der Waals surface area contributed by atoms with Gasteiger partial charge in [0.05, 0.1) is 24.0 Å². The van der Waals surface area contributed by atoms with Gasteiger partial charge in [-0.2, -0.15) is 13.2 Å². The summed E-state index contributed by atoms with van der Waals surface area (Å²) in [6, 6.07) is 13.0. The van der Waals surface area contributed by atoms with Crippen LogP contribution in [-0.4, -0.2) is 25.5 Å². The predicted octanol–water partition coefficient (Wildman–Crippen LogP) is 8.13. The van der Waals surface area contributed by atoms with Gasteiger partial charge in [0, 0.05) is 21.2 Å². The summed E-state index contributed by atoms with van der Waals surface area (Å²) in [7, 11) is 1.31. The van der Waals surface area contributed by atoms with Crippen LogP contribution in [-0.2, 0) is 15.7 Å². The normalized spacial score (nSPS) is 12.1. The lowest BCUT2D eigenvalue weighted by atomic mass is 9.95. The van der Waals surface area contributed by atoms with Gasteiger partial charge in [0.2, 0.25) is 0 Å². The van der Waals surface area contributed by atoms with Crippen molar-refractivity contribution < 1.29 is 27.5 Å². The van der Waals surface area contributed by atoms with Crippen molar-refractivity contribution >= 4 is 39.9 Å². The van der Waals surface area contributed by atoms with E-state index in [1.165, 1.54) is 30.6 Å². The number of allylic oxidation sites excluding steroid dienone is 1. The second-order valence-corrected chi connectivity index (χ2v) is 11.3. The fourth-order valence-corrected chi connectivity index (χ4v) is 6.25. The van der Waals surface area contributed by atoms with E-state index in [1.807, 2.05) is 32.0 Å². The summed E-state index contributed by atoms with van der Waals surface area (Å²) in [6.45, 7) is 8.28. The molecule has 4 nitrogen and oxygen atoms in total. The van der Waals surface area contributed by atoms with E-state index < -0.39 is 11.7 Å². The Labute approximate surface area is 229 Å². The summed E-state index contributed by atoms with van der Waals surface area (Å²) in [4.78, 5) is 27.3. The second kappa shape index (κ2) is 12.7. The molecular formula is C29H30F3NO3S2. The van der Waals surface area contributed by atoms with Gasteiger partial charge < -0.3 is 10.1 Å². The molecule has 3 aromatic rings. The van der Waals surface area contributed by atoms with Gasteiger partial charge in [0.15, 0.2) is 0 Å². The van der Waals surface area contributed by atoms with Crippen LogP contribution in [0.1, 0.15) is 51.5 Å². The molecule has 0 saturated carbocycles. The first-order valence-electron chi connectivity index (χ1n) is 12.0. The van der Waals surface area contributed by atoms with Crippen molar-refractivity contribution in [2.45, 2.75) is 45.2 Å². The van der Waals surface area contributed by atoms with Gasteiger partial charge >= 0.3 is 12.1 Å². The maximum absolute atomic E-state index is 13.0. The monoisotopic (exact) mass is 561 g/mol. The molecule has 0 unspecified atom stereocenters. The van der Waals surface area contributed by atoms with Gasteiger partial charge in [-0.3, -0.25) is 9.59 Å². The van der Waals surface area contributed by atoms with Crippen molar-refractivity contribution in [1.82, 2.24) is 5.32 Å². The van der Waals surface area contributed by atoms with Crippen molar-refractivity contribution in [3.05, 3.63) is 81.1 Å². The number of amides is 1. The molecule has 3 rings (SSSR count). The Bertz CT molecular complexity index is 1300. The minimum atomic E-state index is -4.37. The summed E-state index contributed by atoms with van der Waals surface area (Å²) in [5.74, 6) is -0.358. The Morgan fingerprint density at radius 1 is 1.03 bits per heavy atom. The lowest BCUT2D eigenvalue weighted by molar-refractivity contribution is -0.140. The molecule has 1 heterocycles. The van der Waals surface area contributed by atoms with Crippen LogP contribution in [0.2, 0.25) is 0 Å². The van der Waals surface area contributed by atoms with E-state index in [0.717, 1.165) is 49.1 Å². The summed E-state index contributed by atoms with van der Waals surface area (Å²) in [5, 5.41) is 2.74. The Morgan fingerprint density at radius 2 is 1.63 bits per heavy atom. The SMILES string of the molecule is COC(=O)CCNC(=O)c1ccc(/C(=C/C(C)C)Sc2cc(C)c(-c3ccc(C(F)(F)F)cc3)c(C)c2)s1. The molecule has 1 amide bonds. The van der Waals surface area contributed by atoms with E-state index in [-0.39, 0.29) is 30.8 Å². The van der Waals surface area contributed by atoms with Crippen LogP contribution < -0.4 is 5.32 Å². The number of halogens is 3. The first-order valence-corrected chi connectivity index (χ1v) is 13.7. The molecular weight excluding hydrogens is 531 g/mol. The molecule has 0 aliphatic carbocycles. The Balaban J connectivity index is 1.82. The van der Waals surface area contributed by atoms with E-state index in [4.69, 9.17) is 0 Å². The molecule has 0 spiro atoms.